The Hall–Kier alpha value is -0.570. The van der Waals surface area contributed by atoms with Crippen LogP contribution in [0.2, 0.25) is 0 Å². The molecular formula is C20H34N2O. The van der Waals surface area contributed by atoms with Crippen molar-refractivity contribution in [3.05, 3.63) is 0 Å². The summed E-state index contributed by atoms with van der Waals surface area (Å²) in [5.41, 5.74) is 1.92. The van der Waals surface area contributed by atoms with Gasteiger partial charge in [0.1, 0.15) is 0 Å². The zero-order valence-corrected chi connectivity index (χ0v) is 15.1. The lowest BCUT2D eigenvalue weighted by Gasteiger charge is -2.61. The van der Waals surface area contributed by atoms with Gasteiger partial charge in [0.25, 0.3) is 0 Å². The van der Waals surface area contributed by atoms with Crippen LogP contribution in [-0.4, -0.2) is 16.9 Å². The Kier molecular flexibility index (Phi) is 3.61. The molecule has 0 aliphatic heterocycles. The number of rotatable bonds is 0. The molecule has 0 saturated heterocycles. The molecule has 23 heavy (non-hydrogen) atoms. The van der Waals surface area contributed by atoms with Crippen LogP contribution in [0, 0.1) is 40.4 Å². The van der Waals surface area contributed by atoms with Crippen molar-refractivity contribution in [2.75, 3.05) is 0 Å². The summed E-state index contributed by atoms with van der Waals surface area (Å²) in [7, 11) is 0. The van der Waals surface area contributed by atoms with Gasteiger partial charge in [0, 0.05) is 5.71 Å². The zero-order chi connectivity index (χ0) is 16.4. The molecule has 0 radical (unpaired) electrons. The van der Waals surface area contributed by atoms with Crippen molar-refractivity contribution in [2.24, 2.45) is 51.4 Å². The van der Waals surface area contributed by atoms with Gasteiger partial charge < -0.3 is 10.9 Å². The topological polar surface area (TPSA) is 58.6 Å². The van der Waals surface area contributed by atoms with E-state index in [9.17, 15) is 5.11 Å². The van der Waals surface area contributed by atoms with Crippen molar-refractivity contribution in [1.29, 1.82) is 0 Å². The molecule has 0 aromatic heterocycles. The molecule has 0 bridgehead atoms. The number of nitrogens with zero attached hydrogens (tertiary/aromatic N) is 1. The number of fused-ring (bicyclic) bond motifs is 5. The Labute approximate surface area is 141 Å². The average molecular weight is 319 g/mol. The molecule has 4 fully saturated rings. The second-order valence-corrected chi connectivity index (χ2v) is 9.72. The normalized spacial score (nSPS) is 57.7. The van der Waals surface area contributed by atoms with Crippen LogP contribution in [0.3, 0.4) is 0 Å². The van der Waals surface area contributed by atoms with Crippen molar-refractivity contribution in [3.63, 3.8) is 0 Å². The number of hydrazone groups is 1. The van der Waals surface area contributed by atoms with Gasteiger partial charge in [-0.05, 0) is 91.8 Å². The molecular weight excluding hydrogens is 284 g/mol. The molecule has 8 atom stereocenters. The number of hydrogen-bond donors (Lipinski definition) is 2. The molecule has 4 rings (SSSR count). The van der Waals surface area contributed by atoms with Crippen LogP contribution in [-0.2, 0) is 0 Å². The lowest BCUT2D eigenvalue weighted by Crippen LogP contribution is -2.55. The highest BCUT2D eigenvalue weighted by atomic mass is 16.3. The maximum absolute atomic E-state index is 10.5. The summed E-state index contributed by atoms with van der Waals surface area (Å²) in [4.78, 5) is 0. The maximum atomic E-state index is 10.5. The van der Waals surface area contributed by atoms with Crippen LogP contribution in [0.25, 0.3) is 0 Å². The molecule has 3 nitrogen and oxygen atoms in total. The number of aliphatic hydroxyl groups excluding tert-OH is 1. The molecule has 4 aliphatic carbocycles. The second kappa shape index (κ2) is 5.21. The number of hydrogen-bond acceptors (Lipinski definition) is 3. The van der Waals surface area contributed by atoms with Crippen molar-refractivity contribution >= 4 is 5.71 Å². The van der Waals surface area contributed by atoms with Crippen molar-refractivity contribution in [2.45, 2.75) is 78.2 Å². The van der Waals surface area contributed by atoms with Gasteiger partial charge in [-0.25, -0.2) is 0 Å². The SMILES string of the molecule is C[C@@H]1C[C@@]2(C)[C@H](CC[C@@H]3[C@@H]2CC[C@]2(C)[C@@H](O)CC[C@@H]32)C/C1=N/N. The Bertz CT molecular complexity index is 518. The standard InChI is InChI=1S/C20H34N2O/c1-12-11-20(3)13(10-17(12)22-21)4-5-14-15-6-7-18(23)19(15,2)9-8-16(14)20/h12-16,18,23H,4-11,21H2,1-3H3/b22-17-/t12-,13-,14+,15+,16+,18+,19+,20+/m1/s1. The molecule has 0 heterocycles. The highest BCUT2D eigenvalue weighted by molar-refractivity contribution is 5.87. The van der Waals surface area contributed by atoms with Crippen molar-refractivity contribution in [3.8, 4) is 0 Å². The first-order valence-corrected chi connectivity index (χ1v) is 9.85. The third-order valence-electron chi connectivity index (χ3n) is 8.95. The van der Waals surface area contributed by atoms with E-state index in [-0.39, 0.29) is 11.5 Å². The molecule has 3 N–H and O–H groups in total. The lowest BCUT2D eigenvalue weighted by atomic mass is 9.44. The number of nitrogens with two attached hydrogens (primary N) is 1. The maximum Gasteiger partial charge on any atom is 0.0596 e. The molecule has 130 valence electrons. The summed E-state index contributed by atoms with van der Waals surface area (Å²) in [6.45, 7) is 7.28. The first-order chi connectivity index (χ1) is 10.9. The van der Waals surface area contributed by atoms with Crippen molar-refractivity contribution in [1.82, 2.24) is 0 Å². The summed E-state index contributed by atoms with van der Waals surface area (Å²) in [6, 6.07) is 0. The minimum absolute atomic E-state index is 0.0553. The van der Waals surface area contributed by atoms with Gasteiger partial charge in [-0.15, -0.1) is 0 Å². The minimum Gasteiger partial charge on any atom is -0.393 e. The summed E-state index contributed by atoms with van der Waals surface area (Å²) >= 11 is 0. The highest BCUT2D eigenvalue weighted by Gasteiger charge is 2.60. The molecule has 3 heteroatoms. The largest absolute Gasteiger partial charge is 0.393 e. The first kappa shape index (κ1) is 15.9. The Morgan fingerprint density at radius 3 is 2.52 bits per heavy atom. The summed E-state index contributed by atoms with van der Waals surface area (Å²) < 4.78 is 0. The summed E-state index contributed by atoms with van der Waals surface area (Å²) in [5.74, 6) is 9.43. The third-order valence-corrected chi connectivity index (χ3v) is 8.95. The quantitative estimate of drug-likeness (QED) is 0.525. The molecule has 4 aliphatic rings. The van der Waals surface area contributed by atoms with E-state index in [2.05, 4.69) is 25.9 Å². The minimum atomic E-state index is -0.0553. The van der Waals surface area contributed by atoms with Gasteiger partial charge >= 0.3 is 0 Å². The zero-order valence-electron chi connectivity index (χ0n) is 15.1. The summed E-state index contributed by atoms with van der Waals surface area (Å²) in [5, 5.41) is 14.7. The monoisotopic (exact) mass is 318 g/mol. The fourth-order valence-corrected chi connectivity index (χ4v) is 7.57. The molecule has 0 unspecified atom stereocenters. The van der Waals surface area contributed by atoms with Gasteiger partial charge in [-0.3, -0.25) is 0 Å². The molecule has 0 amide bonds. The van der Waals surface area contributed by atoms with Crippen LogP contribution < -0.4 is 5.84 Å². The summed E-state index contributed by atoms with van der Waals surface area (Å²) in [6.07, 6.45) is 9.88. The van der Waals surface area contributed by atoms with E-state index in [1.54, 1.807) is 0 Å². The van der Waals surface area contributed by atoms with E-state index < -0.39 is 0 Å². The van der Waals surface area contributed by atoms with Crippen LogP contribution in [0.1, 0.15) is 72.1 Å². The second-order valence-electron chi connectivity index (χ2n) is 9.72. The highest BCUT2D eigenvalue weighted by Crippen LogP contribution is 2.66. The van der Waals surface area contributed by atoms with E-state index in [1.165, 1.54) is 44.2 Å². The smallest absolute Gasteiger partial charge is 0.0596 e. The van der Waals surface area contributed by atoms with E-state index in [0.29, 0.717) is 11.3 Å². The Balaban J connectivity index is 1.63. The van der Waals surface area contributed by atoms with E-state index in [4.69, 9.17) is 5.84 Å². The molecule has 0 spiro atoms. The van der Waals surface area contributed by atoms with Crippen LogP contribution >= 0.6 is 0 Å². The third kappa shape index (κ3) is 2.08. The Morgan fingerprint density at radius 2 is 1.78 bits per heavy atom. The van der Waals surface area contributed by atoms with Gasteiger partial charge in [0.15, 0.2) is 0 Å². The van der Waals surface area contributed by atoms with Gasteiger partial charge in [-0.1, -0.05) is 20.8 Å². The van der Waals surface area contributed by atoms with E-state index in [1.807, 2.05) is 0 Å². The number of aliphatic hydroxyl groups is 1. The first-order valence-electron chi connectivity index (χ1n) is 9.85. The van der Waals surface area contributed by atoms with Gasteiger partial charge in [0.2, 0.25) is 0 Å². The van der Waals surface area contributed by atoms with Crippen LogP contribution in [0.5, 0.6) is 0 Å². The van der Waals surface area contributed by atoms with Gasteiger partial charge in [0.05, 0.1) is 6.10 Å². The predicted molar refractivity (Wildman–Crippen MR) is 93.9 cm³/mol. The lowest BCUT2D eigenvalue weighted by molar-refractivity contribution is -0.116. The molecule has 0 aromatic rings. The fraction of sp³-hybridized carbons (Fsp3) is 0.950. The van der Waals surface area contributed by atoms with E-state index >= 15 is 0 Å². The van der Waals surface area contributed by atoms with Crippen LogP contribution in [0.4, 0.5) is 0 Å². The molecule has 0 aromatic carbocycles. The fourth-order valence-electron chi connectivity index (χ4n) is 7.57. The predicted octanol–water partition coefficient (Wildman–Crippen LogP) is 3.95. The van der Waals surface area contributed by atoms with E-state index in [0.717, 1.165) is 36.5 Å². The van der Waals surface area contributed by atoms with Gasteiger partial charge in [-0.2, -0.15) is 5.10 Å². The van der Waals surface area contributed by atoms with Crippen LogP contribution in [0.15, 0.2) is 5.10 Å². The van der Waals surface area contributed by atoms with Crippen molar-refractivity contribution < 1.29 is 5.11 Å². The average Bonchev–Trinajstić information content (AvgIpc) is 2.82. The Morgan fingerprint density at radius 1 is 1.04 bits per heavy atom. The molecule has 4 saturated carbocycles.